The Morgan fingerprint density at radius 1 is 1.67 bits per heavy atom. The van der Waals surface area contributed by atoms with Gasteiger partial charge >= 0.3 is 5.97 Å². The lowest BCUT2D eigenvalue weighted by atomic mass is 10.1. The van der Waals surface area contributed by atoms with Crippen molar-refractivity contribution in [3.8, 4) is 11.5 Å². The van der Waals surface area contributed by atoms with E-state index in [1.807, 2.05) is 0 Å². The fourth-order valence-electron chi connectivity index (χ4n) is 1.11. The standard InChI is InChI=1S/C9H8BrFO4/c1-15-6-3-5(10)8(11)4(9(6)14)2-7(12)13/h3,14H,2H2,1H3,(H,12,13). The summed E-state index contributed by atoms with van der Waals surface area (Å²) in [5.41, 5.74) is -0.297. The number of hydrogen-bond acceptors (Lipinski definition) is 3. The highest BCUT2D eigenvalue weighted by molar-refractivity contribution is 9.10. The molecule has 0 spiro atoms. The van der Waals surface area contributed by atoms with Gasteiger partial charge in [-0.3, -0.25) is 4.79 Å². The van der Waals surface area contributed by atoms with Crippen molar-refractivity contribution in [3.63, 3.8) is 0 Å². The molecule has 0 radical (unpaired) electrons. The lowest BCUT2D eigenvalue weighted by Crippen LogP contribution is -2.04. The number of methoxy groups -OCH3 is 1. The van der Waals surface area contributed by atoms with E-state index in [1.165, 1.54) is 13.2 Å². The summed E-state index contributed by atoms with van der Waals surface area (Å²) in [7, 11) is 1.30. The van der Waals surface area contributed by atoms with E-state index in [-0.39, 0.29) is 15.8 Å². The van der Waals surface area contributed by atoms with Crippen LogP contribution in [0.3, 0.4) is 0 Å². The number of ether oxygens (including phenoxy) is 1. The van der Waals surface area contributed by atoms with Crippen LogP contribution in [0.4, 0.5) is 4.39 Å². The van der Waals surface area contributed by atoms with Gasteiger partial charge in [-0.05, 0) is 15.9 Å². The van der Waals surface area contributed by atoms with Crippen molar-refractivity contribution in [1.82, 2.24) is 0 Å². The van der Waals surface area contributed by atoms with Crippen LogP contribution >= 0.6 is 15.9 Å². The van der Waals surface area contributed by atoms with Crippen molar-refractivity contribution >= 4 is 21.9 Å². The van der Waals surface area contributed by atoms with E-state index in [1.54, 1.807) is 0 Å². The minimum absolute atomic E-state index is 0.0273. The van der Waals surface area contributed by atoms with Crippen molar-refractivity contribution in [2.75, 3.05) is 7.11 Å². The zero-order chi connectivity index (χ0) is 11.6. The van der Waals surface area contributed by atoms with E-state index >= 15 is 0 Å². The predicted octanol–water partition coefficient (Wildman–Crippen LogP) is 1.93. The highest BCUT2D eigenvalue weighted by Gasteiger charge is 2.19. The first-order chi connectivity index (χ1) is 6.97. The Labute approximate surface area is 93.4 Å². The van der Waals surface area contributed by atoms with E-state index in [4.69, 9.17) is 9.84 Å². The number of benzene rings is 1. The third-order valence-corrected chi connectivity index (χ3v) is 2.38. The summed E-state index contributed by atoms with van der Waals surface area (Å²) in [4.78, 5) is 10.5. The molecular formula is C9H8BrFO4. The lowest BCUT2D eigenvalue weighted by molar-refractivity contribution is -0.136. The normalized spacial score (nSPS) is 10.1. The second kappa shape index (κ2) is 4.48. The van der Waals surface area contributed by atoms with Crippen molar-refractivity contribution in [3.05, 3.63) is 21.9 Å². The first kappa shape index (κ1) is 11.8. The Balaban J connectivity index is 3.33. The number of aromatic hydroxyl groups is 1. The number of phenols is 1. The summed E-state index contributed by atoms with van der Waals surface area (Å²) in [6, 6.07) is 1.23. The summed E-state index contributed by atoms with van der Waals surface area (Å²) in [6.45, 7) is 0. The quantitative estimate of drug-likeness (QED) is 0.887. The van der Waals surface area contributed by atoms with Gasteiger partial charge in [0.1, 0.15) is 5.82 Å². The topological polar surface area (TPSA) is 66.8 Å². The minimum Gasteiger partial charge on any atom is -0.504 e. The second-order valence-corrected chi connectivity index (χ2v) is 3.63. The van der Waals surface area contributed by atoms with E-state index < -0.39 is 24.0 Å². The van der Waals surface area contributed by atoms with Crippen LogP contribution < -0.4 is 4.74 Å². The Bertz CT molecular complexity index is 406. The van der Waals surface area contributed by atoms with Crippen LogP contribution in [0.2, 0.25) is 0 Å². The van der Waals surface area contributed by atoms with E-state index in [0.29, 0.717) is 0 Å². The largest absolute Gasteiger partial charge is 0.504 e. The Kier molecular flexibility index (Phi) is 3.52. The maximum absolute atomic E-state index is 13.4. The molecule has 0 saturated carbocycles. The SMILES string of the molecule is COc1cc(Br)c(F)c(CC(=O)O)c1O. The molecule has 0 aliphatic rings. The Morgan fingerprint density at radius 2 is 2.27 bits per heavy atom. The van der Waals surface area contributed by atoms with Gasteiger partial charge in [-0.2, -0.15) is 0 Å². The number of halogens is 2. The van der Waals surface area contributed by atoms with Gasteiger partial charge in [0.2, 0.25) is 0 Å². The van der Waals surface area contributed by atoms with Crippen LogP contribution in [0.5, 0.6) is 11.5 Å². The number of carboxylic acids is 1. The lowest BCUT2D eigenvalue weighted by Gasteiger charge is -2.09. The molecule has 0 heterocycles. The van der Waals surface area contributed by atoms with Gasteiger partial charge in [0.25, 0.3) is 0 Å². The number of carbonyl (C=O) groups is 1. The molecule has 2 N–H and O–H groups in total. The number of hydrogen-bond donors (Lipinski definition) is 2. The molecule has 0 unspecified atom stereocenters. The molecule has 0 atom stereocenters. The molecule has 0 aromatic heterocycles. The number of rotatable bonds is 3. The first-order valence-electron chi connectivity index (χ1n) is 3.93. The maximum atomic E-state index is 13.4. The highest BCUT2D eigenvalue weighted by atomic mass is 79.9. The minimum atomic E-state index is -1.23. The monoisotopic (exact) mass is 278 g/mol. The molecule has 0 aliphatic heterocycles. The average Bonchev–Trinajstić information content (AvgIpc) is 2.18. The third kappa shape index (κ3) is 2.38. The second-order valence-electron chi connectivity index (χ2n) is 2.77. The molecule has 15 heavy (non-hydrogen) atoms. The van der Waals surface area contributed by atoms with Gasteiger partial charge in [-0.1, -0.05) is 0 Å². The van der Waals surface area contributed by atoms with Crippen molar-refractivity contribution in [2.24, 2.45) is 0 Å². The van der Waals surface area contributed by atoms with E-state index in [0.717, 1.165) is 0 Å². The fourth-order valence-corrected chi connectivity index (χ4v) is 1.56. The number of aliphatic carboxylic acids is 1. The molecule has 0 saturated heterocycles. The summed E-state index contributed by atoms with van der Waals surface area (Å²) in [5.74, 6) is -2.49. The summed E-state index contributed by atoms with van der Waals surface area (Å²) in [6.07, 6.45) is -0.604. The Morgan fingerprint density at radius 3 is 2.73 bits per heavy atom. The molecule has 0 amide bonds. The van der Waals surface area contributed by atoms with Gasteiger partial charge in [-0.15, -0.1) is 0 Å². The van der Waals surface area contributed by atoms with E-state index in [2.05, 4.69) is 15.9 Å². The zero-order valence-corrected chi connectivity index (χ0v) is 9.34. The van der Waals surface area contributed by atoms with Crippen LogP contribution in [-0.4, -0.2) is 23.3 Å². The molecule has 82 valence electrons. The van der Waals surface area contributed by atoms with Gasteiger partial charge in [0.05, 0.1) is 18.0 Å². The molecule has 1 aromatic carbocycles. The number of phenolic OH excluding ortho intramolecular Hbond substituents is 1. The summed E-state index contributed by atoms with van der Waals surface area (Å²) in [5, 5.41) is 18.0. The van der Waals surface area contributed by atoms with Crippen LogP contribution in [0.25, 0.3) is 0 Å². The van der Waals surface area contributed by atoms with Gasteiger partial charge in [0, 0.05) is 11.6 Å². The Hall–Kier alpha value is -1.30. The predicted molar refractivity (Wildman–Crippen MR) is 53.7 cm³/mol. The third-order valence-electron chi connectivity index (χ3n) is 1.80. The molecule has 4 nitrogen and oxygen atoms in total. The highest BCUT2D eigenvalue weighted by Crippen LogP contribution is 2.36. The van der Waals surface area contributed by atoms with Crippen LogP contribution in [0.15, 0.2) is 10.5 Å². The molecule has 0 bridgehead atoms. The van der Waals surface area contributed by atoms with Gasteiger partial charge in [0.15, 0.2) is 11.5 Å². The summed E-state index contributed by atoms with van der Waals surface area (Å²) >= 11 is 2.90. The van der Waals surface area contributed by atoms with Crippen molar-refractivity contribution in [1.29, 1.82) is 0 Å². The maximum Gasteiger partial charge on any atom is 0.308 e. The van der Waals surface area contributed by atoms with E-state index in [9.17, 15) is 14.3 Å². The van der Waals surface area contributed by atoms with Crippen molar-refractivity contribution < 1.29 is 24.1 Å². The number of carboxylic acid groups (broad SMARTS) is 1. The molecule has 1 rings (SSSR count). The fraction of sp³-hybridized carbons (Fsp3) is 0.222. The van der Waals surface area contributed by atoms with Gasteiger partial charge in [-0.25, -0.2) is 4.39 Å². The zero-order valence-electron chi connectivity index (χ0n) is 7.75. The average molecular weight is 279 g/mol. The van der Waals surface area contributed by atoms with Crippen LogP contribution in [-0.2, 0) is 11.2 Å². The van der Waals surface area contributed by atoms with Crippen LogP contribution in [0.1, 0.15) is 5.56 Å². The van der Waals surface area contributed by atoms with Crippen molar-refractivity contribution in [2.45, 2.75) is 6.42 Å². The molecule has 0 aliphatic carbocycles. The molecular weight excluding hydrogens is 271 g/mol. The molecule has 6 heteroatoms. The molecule has 1 aromatic rings. The summed E-state index contributed by atoms with van der Waals surface area (Å²) < 4.78 is 18.2. The first-order valence-corrected chi connectivity index (χ1v) is 4.72. The van der Waals surface area contributed by atoms with Crippen LogP contribution in [0, 0.1) is 5.82 Å². The smallest absolute Gasteiger partial charge is 0.308 e. The molecule has 0 fully saturated rings. The van der Waals surface area contributed by atoms with Gasteiger partial charge < -0.3 is 14.9 Å².